The van der Waals surface area contributed by atoms with E-state index in [1.54, 1.807) is 0 Å². The van der Waals surface area contributed by atoms with Crippen LogP contribution in [0.15, 0.2) is 42.5 Å². The molecule has 0 amide bonds. The van der Waals surface area contributed by atoms with Gasteiger partial charge in [-0.25, -0.2) is 0 Å². The summed E-state index contributed by atoms with van der Waals surface area (Å²) in [7, 11) is 0. The van der Waals surface area contributed by atoms with Crippen molar-refractivity contribution in [2.45, 2.75) is 45.4 Å². The molecule has 2 aromatic carbocycles. The second-order valence-corrected chi connectivity index (χ2v) is 8.13. The molecule has 132 valence electrons. The number of hydrogen-bond acceptors (Lipinski definition) is 2. The Bertz CT molecular complexity index is 771. The zero-order chi connectivity index (χ0) is 18.6. The van der Waals surface area contributed by atoms with Gasteiger partial charge in [0.2, 0.25) is 10.5 Å². The zero-order valence-corrected chi connectivity index (χ0v) is 16.2. The number of carbonyl (C=O) groups excluding carboxylic acids is 2. The van der Waals surface area contributed by atoms with Gasteiger partial charge in [0, 0.05) is 12.8 Å². The van der Waals surface area contributed by atoms with Crippen LogP contribution >= 0.6 is 23.2 Å². The van der Waals surface area contributed by atoms with Crippen molar-refractivity contribution in [3.05, 3.63) is 70.3 Å². The first kappa shape index (κ1) is 19.7. The fraction of sp³-hybridized carbons (Fsp3) is 0.333. The standard InChI is InChI=1S/C21H22Cl2O2/c1-21(2,3)18-9-8-16(13-20(23)25)17(12-18)10-14-4-6-15(7-5-14)11-19(22)24/h4-9,12H,10-11,13H2,1-3H3. The minimum Gasteiger partial charge on any atom is -0.281 e. The average molecular weight is 377 g/mol. The van der Waals surface area contributed by atoms with Gasteiger partial charge in [0.05, 0.1) is 0 Å². The highest BCUT2D eigenvalue weighted by molar-refractivity contribution is 6.64. The Morgan fingerprint density at radius 3 is 1.88 bits per heavy atom. The Balaban J connectivity index is 2.31. The number of carbonyl (C=O) groups is 2. The molecule has 2 aromatic rings. The van der Waals surface area contributed by atoms with Crippen LogP contribution < -0.4 is 0 Å². The highest BCUT2D eigenvalue weighted by atomic mass is 35.5. The first-order chi connectivity index (χ1) is 11.6. The van der Waals surface area contributed by atoms with Crippen molar-refractivity contribution < 1.29 is 9.59 Å². The number of benzene rings is 2. The molecule has 2 rings (SSSR count). The summed E-state index contributed by atoms with van der Waals surface area (Å²) in [5.74, 6) is 0. The molecule has 0 atom stereocenters. The zero-order valence-electron chi connectivity index (χ0n) is 14.7. The molecular weight excluding hydrogens is 355 g/mol. The fourth-order valence-electron chi connectivity index (χ4n) is 2.73. The Labute approximate surface area is 159 Å². The minimum absolute atomic E-state index is 0.0306. The number of hydrogen-bond donors (Lipinski definition) is 0. The van der Waals surface area contributed by atoms with Gasteiger partial charge in [0.1, 0.15) is 0 Å². The van der Waals surface area contributed by atoms with Gasteiger partial charge in [0.25, 0.3) is 0 Å². The van der Waals surface area contributed by atoms with Crippen LogP contribution in [0.1, 0.15) is 48.6 Å². The number of rotatable bonds is 6. The predicted octanol–water partition coefficient (Wildman–Crippen LogP) is 5.19. The second kappa shape index (κ2) is 8.16. The van der Waals surface area contributed by atoms with Crippen LogP contribution in [0.25, 0.3) is 0 Å². The largest absolute Gasteiger partial charge is 0.281 e. The summed E-state index contributed by atoms with van der Waals surface area (Å²) in [5.41, 5.74) is 5.31. The number of halogens is 2. The molecule has 0 N–H and O–H groups in total. The van der Waals surface area contributed by atoms with E-state index >= 15 is 0 Å². The third-order valence-corrected chi connectivity index (χ3v) is 4.43. The van der Waals surface area contributed by atoms with E-state index in [2.05, 4.69) is 32.9 Å². The SMILES string of the molecule is CC(C)(C)c1ccc(CC(=O)Cl)c(Cc2ccc(CC(=O)Cl)cc2)c1. The summed E-state index contributed by atoms with van der Waals surface area (Å²) in [5, 5.41) is -0.728. The second-order valence-electron chi connectivity index (χ2n) is 7.29. The van der Waals surface area contributed by atoms with Crippen LogP contribution in [-0.2, 0) is 34.3 Å². The first-order valence-electron chi connectivity index (χ1n) is 8.22. The molecule has 0 aromatic heterocycles. The molecule has 0 aliphatic heterocycles. The Hall–Kier alpha value is -1.64. The van der Waals surface area contributed by atoms with Gasteiger partial charge in [-0.15, -0.1) is 0 Å². The molecule has 4 heteroatoms. The van der Waals surface area contributed by atoms with Crippen molar-refractivity contribution in [3.8, 4) is 0 Å². The van der Waals surface area contributed by atoms with Crippen LogP contribution in [0.2, 0.25) is 0 Å². The molecule has 0 saturated heterocycles. The van der Waals surface area contributed by atoms with Crippen LogP contribution in [0, 0.1) is 0 Å². The van der Waals surface area contributed by atoms with E-state index in [0.717, 1.165) is 22.3 Å². The fourth-order valence-corrected chi connectivity index (χ4v) is 3.03. The van der Waals surface area contributed by atoms with Crippen molar-refractivity contribution in [3.63, 3.8) is 0 Å². The first-order valence-corrected chi connectivity index (χ1v) is 8.97. The van der Waals surface area contributed by atoms with Crippen LogP contribution in [0.5, 0.6) is 0 Å². The molecule has 0 radical (unpaired) electrons. The average Bonchev–Trinajstić information content (AvgIpc) is 2.49. The van der Waals surface area contributed by atoms with Crippen LogP contribution in [0.4, 0.5) is 0 Å². The highest BCUT2D eigenvalue weighted by Crippen LogP contribution is 2.26. The molecule has 0 aliphatic rings. The van der Waals surface area contributed by atoms with Gasteiger partial charge in [-0.1, -0.05) is 63.2 Å². The van der Waals surface area contributed by atoms with E-state index in [0.29, 0.717) is 6.42 Å². The lowest BCUT2D eigenvalue weighted by Crippen LogP contribution is -2.12. The Morgan fingerprint density at radius 2 is 1.36 bits per heavy atom. The van der Waals surface area contributed by atoms with Crippen molar-refractivity contribution in [2.75, 3.05) is 0 Å². The van der Waals surface area contributed by atoms with Crippen molar-refractivity contribution in [1.82, 2.24) is 0 Å². The summed E-state index contributed by atoms with van der Waals surface area (Å²) in [6.07, 6.45) is 1.16. The Morgan fingerprint density at radius 1 is 0.800 bits per heavy atom. The molecule has 0 aliphatic carbocycles. The van der Waals surface area contributed by atoms with Gasteiger partial charge in [-0.3, -0.25) is 9.59 Å². The maximum atomic E-state index is 11.4. The quantitative estimate of drug-likeness (QED) is 0.649. The third-order valence-electron chi connectivity index (χ3n) is 4.16. The lowest BCUT2D eigenvalue weighted by atomic mass is 9.84. The predicted molar refractivity (Wildman–Crippen MR) is 104 cm³/mol. The maximum Gasteiger partial charge on any atom is 0.226 e. The van der Waals surface area contributed by atoms with Crippen LogP contribution in [0.3, 0.4) is 0 Å². The normalized spacial score (nSPS) is 11.4. The minimum atomic E-state index is -0.367. The lowest BCUT2D eigenvalue weighted by Gasteiger charge is -2.21. The van der Waals surface area contributed by atoms with Crippen molar-refractivity contribution in [2.24, 2.45) is 0 Å². The van der Waals surface area contributed by atoms with E-state index in [9.17, 15) is 9.59 Å². The summed E-state index contributed by atoms with van der Waals surface area (Å²) in [6.45, 7) is 6.49. The molecule has 0 fully saturated rings. The topological polar surface area (TPSA) is 34.1 Å². The van der Waals surface area contributed by atoms with Gasteiger partial charge in [-0.2, -0.15) is 0 Å². The molecule has 0 heterocycles. The summed E-state index contributed by atoms with van der Waals surface area (Å²) >= 11 is 11.0. The van der Waals surface area contributed by atoms with Crippen molar-refractivity contribution in [1.29, 1.82) is 0 Å². The van der Waals surface area contributed by atoms with Gasteiger partial charge in [0.15, 0.2) is 0 Å². The lowest BCUT2D eigenvalue weighted by molar-refractivity contribution is -0.111. The molecule has 0 unspecified atom stereocenters. The molecule has 25 heavy (non-hydrogen) atoms. The smallest absolute Gasteiger partial charge is 0.226 e. The summed E-state index contributed by atoms with van der Waals surface area (Å²) in [4.78, 5) is 22.4. The summed E-state index contributed by atoms with van der Waals surface area (Å²) in [6, 6.07) is 14.0. The molecule has 0 spiro atoms. The maximum absolute atomic E-state index is 11.4. The van der Waals surface area contributed by atoms with E-state index in [-0.39, 0.29) is 28.7 Å². The Kier molecular flexibility index (Phi) is 6.42. The molecule has 0 bridgehead atoms. The van der Waals surface area contributed by atoms with E-state index in [1.807, 2.05) is 30.3 Å². The molecule has 0 saturated carbocycles. The third kappa shape index (κ3) is 5.98. The van der Waals surface area contributed by atoms with Gasteiger partial charge < -0.3 is 0 Å². The summed E-state index contributed by atoms with van der Waals surface area (Å²) < 4.78 is 0. The van der Waals surface area contributed by atoms with E-state index in [4.69, 9.17) is 23.2 Å². The highest BCUT2D eigenvalue weighted by Gasteiger charge is 2.16. The van der Waals surface area contributed by atoms with Gasteiger partial charge in [-0.05, 0) is 62.9 Å². The molecule has 2 nitrogen and oxygen atoms in total. The monoisotopic (exact) mass is 376 g/mol. The van der Waals surface area contributed by atoms with E-state index in [1.165, 1.54) is 5.56 Å². The van der Waals surface area contributed by atoms with Crippen molar-refractivity contribution >= 4 is 33.7 Å². The molecular formula is C21H22Cl2O2. The van der Waals surface area contributed by atoms with E-state index < -0.39 is 0 Å². The van der Waals surface area contributed by atoms with Crippen LogP contribution in [-0.4, -0.2) is 10.5 Å². The van der Waals surface area contributed by atoms with Gasteiger partial charge >= 0.3 is 0 Å².